The largest absolute Gasteiger partial charge is 0.495 e. The standard InChI is InChI=1S/C14H19ClN2O3/c1-19-13-3-2-11(10-12(13)15)16-5-4-14(18)17-6-8-20-9-7-17/h2-3,10,16H,4-9H2,1H3. The van der Waals surface area contributed by atoms with E-state index in [1.54, 1.807) is 19.2 Å². The average molecular weight is 299 g/mol. The highest BCUT2D eigenvalue weighted by Crippen LogP contribution is 2.27. The minimum atomic E-state index is 0.153. The Kier molecular flexibility index (Phi) is 5.49. The topological polar surface area (TPSA) is 50.8 Å². The van der Waals surface area contributed by atoms with E-state index in [0.29, 0.717) is 50.0 Å². The number of amides is 1. The Bertz CT molecular complexity index is 462. The van der Waals surface area contributed by atoms with E-state index in [2.05, 4.69) is 5.32 Å². The first-order valence-corrected chi connectivity index (χ1v) is 7.01. The molecule has 1 N–H and O–H groups in total. The summed E-state index contributed by atoms with van der Waals surface area (Å²) in [6.07, 6.45) is 0.462. The molecule has 0 radical (unpaired) electrons. The second-order valence-corrected chi connectivity index (χ2v) is 4.93. The van der Waals surface area contributed by atoms with E-state index in [1.807, 2.05) is 11.0 Å². The number of rotatable bonds is 5. The molecule has 0 spiro atoms. The summed E-state index contributed by atoms with van der Waals surface area (Å²) in [5.41, 5.74) is 0.880. The SMILES string of the molecule is COc1ccc(NCCC(=O)N2CCOCC2)cc1Cl. The van der Waals surface area contributed by atoms with Crippen molar-refractivity contribution < 1.29 is 14.3 Å². The Morgan fingerprint density at radius 2 is 2.20 bits per heavy atom. The predicted octanol–water partition coefficient (Wildman–Crippen LogP) is 2.01. The van der Waals surface area contributed by atoms with Gasteiger partial charge in [-0.3, -0.25) is 4.79 Å². The molecule has 2 rings (SSSR count). The molecule has 0 aromatic heterocycles. The number of methoxy groups -OCH3 is 1. The lowest BCUT2D eigenvalue weighted by molar-refractivity contribution is -0.134. The first kappa shape index (κ1) is 14.9. The van der Waals surface area contributed by atoms with Crippen LogP contribution in [0.25, 0.3) is 0 Å². The third-order valence-corrected chi connectivity index (χ3v) is 3.48. The first-order valence-electron chi connectivity index (χ1n) is 6.63. The molecular weight excluding hydrogens is 280 g/mol. The van der Waals surface area contributed by atoms with E-state index in [9.17, 15) is 4.79 Å². The summed E-state index contributed by atoms with van der Waals surface area (Å²) in [6, 6.07) is 5.47. The van der Waals surface area contributed by atoms with Gasteiger partial charge in [-0.2, -0.15) is 0 Å². The van der Waals surface area contributed by atoms with Gasteiger partial charge in [0.25, 0.3) is 0 Å². The van der Waals surface area contributed by atoms with Crippen LogP contribution in [-0.2, 0) is 9.53 Å². The molecule has 0 unspecified atom stereocenters. The number of carbonyl (C=O) groups is 1. The maximum absolute atomic E-state index is 11.9. The third kappa shape index (κ3) is 4.02. The minimum Gasteiger partial charge on any atom is -0.495 e. The lowest BCUT2D eigenvalue weighted by Crippen LogP contribution is -2.41. The van der Waals surface area contributed by atoms with Crippen LogP contribution in [0.2, 0.25) is 5.02 Å². The lowest BCUT2D eigenvalue weighted by atomic mass is 10.2. The molecule has 1 amide bonds. The van der Waals surface area contributed by atoms with Gasteiger partial charge in [-0.1, -0.05) is 11.6 Å². The summed E-state index contributed by atoms with van der Waals surface area (Å²) in [7, 11) is 1.58. The molecule has 5 nitrogen and oxygen atoms in total. The van der Waals surface area contributed by atoms with Gasteiger partial charge >= 0.3 is 0 Å². The molecule has 6 heteroatoms. The number of nitrogens with one attached hydrogen (secondary N) is 1. The number of anilines is 1. The summed E-state index contributed by atoms with van der Waals surface area (Å²) < 4.78 is 10.3. The highest BCUT2D eigenvalue weighted by molar-refractivity contribution is 6.32. The summed E-state index contributed by atoms with van der Waals surface area (Å²) in [4.78, 5) is 13.8. The molecule has 1 saturated heterocycles. The van der Waals surface area contributed by atoms with E-state index in [1.165, 1.54) is 0 Å². The molecule has 1 aliphatic rings. The van der Waals surface area contributed by atoms with Gasteiger partial charge in [0.2, 0.25) is 5.91 Å². The van der Waals surface area contributed by atoms with Gasteiger partial charge in [0.1, 0.15) is 5.75 Å². The van der Waals surface area contributed by atoms with Crippen LogP contribution in [0, 0.1) is 0 Å². The predicted molar refractivity (Wildman–Crippen MR) is 78.5 cm³/mol. The van der Waals surface area contributed by atoms with E-state index >= 15 is 0 Å². The lowest BCUT2D eigenvalue weighted by Gasteiger charge is -2.26. The monoisotopic (exact) mass is 298 g/mol. The van der Waals surface area contributed by atoms with E-state index in [4.69, 9.17) is 21.1 Å². The minimum absolute atomic E-state index is 0.153. The van der Waals surface area contributed by atoms with Crippen LogP contribution >= 0.6 is 11.6 Å². The molecule has 0 saturated carbocycles. The smallest absolute Gasteiger partial charge is 0.224 e. The van der Waals surface area contributed by atoms with Crippen molar-refractivity contribution in [3.8, 4) is 5.75 Å². The fourth-order valence-electron chi connectivity index (χ4n) is 2.06. The maximum atomic E-state index is 11.9. The van der Waals surface area contributed by atoms with Gasteiger partial charge in [-0.05, 0) is 18.2 Å². The number of carbonyl (C=O) groups excluding carboxylic acids is 1. The van der Waals surface area contributed by atoms with E-state index in [-0.39, 0.29) is 5.91 Å². The summed E-state index contributed by atoms with van der Waals surface area (Å²) in [5.74, 6) is 0.794. The molecule has 0 atom stereocenters. The highest BCUT2D eigenvalue weighted by atomic mass is 35.5. The fraction of sp³-hybridized carbons (Fsp3) is 0.500. The summed E-state index contributed by atoms with van der Waals surface area (Å²) in [5, 5.41) is 3.74. The van der Waals surface area contributed by atoms with Crippen LogP contribution in [0.5, 0.6) is 5.75 Å². The zero-order valence-electron chi connectivity index (χ0n) is 11.5. The van der Waals surface area contributed by atoms with Crippen LogP contribution in [0.3, 0.4) is 0 Å². The van der Waals surface area contributed by atoms with Gasteiger partial charge in [-0.15, -0.1) is 0 Å². The second-order valence-electron chi connectivity index (χ2n) is 4.52. The Hall–Kier alpha value is -1.46. The van der Waals surface area contributed by atoms with Gasteiger partial charge in [0, 0.05) is 31.7 Å². The van der Waals surface area contributed by atoms with Crippen molar-refractivity contribution >= 4 is 23.2 Å². The molecule has 0 bridgehead atoms. The maximum Gasteiger partial charge on any atom is 0.224 e. The number of hydrogen-bond acceptors (Lipinski definition) is 4. The Morgan fingerprint density at radius 3 is 2.85 bits per heavy atom. The van der Waals surface area contributed by atoms with Gasteiger partial charge < -0.3 is 19.7 Å². The normalized spacial score (nSPS) is 15.0. The molecule has 1 fully saturated rings. The van der Waals surface area contributed by atoms with Crippen molar-refractivity contribution in [2.45, 2.75) is 6.42 Å². The Morgan fingerprint density at radius 1 is 1.45 bits per heavy atom. The highest BCUT2D eigenvalue weighted by Gasteiger charge is 2.15. The number of hydrogen-bond donors (Lipinski definition) is 1. The second kappa shape index (κ2) is 7.36. The molecule has 1 aliphatic heterocycles. The van der Waals surface area contributed by atoms with Crippen molar-refractivity contribution in [3.63, 3.8) is 0 Å². The average Bonchev–Trinajstić information content (AvgIpc) is 2.48. The molecule has 1 heterocycles. The van der Waals surface area contributed by atoms with Gasteiger partial charge in [0.05, 0.1) is 25.3 Å². The first-order chi connectivity index (χ1) is 9.70. The molecule has 110 valence electrons. The van der Waals surface area contributed by atoms with E-state index in [0.717, 1.165) is 5.69 Å². The van der Waals surface area contributed by atoms with Crippen LogP contribution in [0.4, 0.5) is 5.69 Å². The number of morpholine rings is 1. The number of ether oxygens (including phenoxy) is 2. The van der Waals surface area contributed by atoms with Crippen molar-refractivity contribution in [2.24, 2.45) is 0 Å². The van der Waals surface area contributed by atoms with Gasteiger partial charge in [0.15, 0.2) is 0 Å². The molecule has 1 aromatic carbocycles. The Labute approximate surface area is 123 Å². The van der Waals surface area contributed by atoms with Gasteiger partial charge in [-0.25, -0.2) is 0 Å². The van der Waals surface area contributed by atoms with E-state index < -0.39 is 0 Å². The fourth-order valence-corrected chi connectivity index (χ4v) is 2.32. The van der Waals surface area contributed by atoms with Crippen molar-refractivity contribution in [1.29, 1.82) is 0 Å². The molecule has 0 aliphatic carbocycles. The molecule has 1 aromatic rings. The molecular formula is C14H19ClN2O3. The van der Waals surface area contributed by atoms with Crippen LogP contribution in [-0.4, -0.2) is 50.8 Å². The van der Waals surface area contributed by atoms with Crippen LogP contribution in [0.1, 0.15) is 6.42 Å². The van der Waals surface area contributed by atoms with Crippen molar-refractivity contribution in [3.05, 3.63) is 23.2 Å². The number of benzene rings is 1. The number of nitrogens with zero attached hydrogens (tertiary/aromatic N) is 1. The zero-order chi connectivity index (χ0) is 14.4. The Balaban J connectivity index is 1.77. The quantitative estimate of drug-likeness (QED) is 0.903. The van der Waals surface area contributed by atoms with Crippen molar-refractivity contribution in [2.75, 3.05) is 45.3 Å². The van der Waals surface area contributed by atoms with Crippen LogP contribution < -0.4 is 10.1 Å². The zero-order valence-corrected chi connectivity index (χ0v) is 12.3. The van der Waals surface area contributed by atoms with Crippen LogP contribution in [0.15, 0.2) is 18.2 Å². The molecule has 20 heavy (non-hydrogen) atoms. The van der Waals surface area contributed by atoms with Crippen molar-refractivity contribution in [1.82, 2.24) is 4.90 Å². The summed E-state index contributed by atoms with van der Waals surface area (Å²) in [6.45, 7) is 3.22. The third-order valence-electron chi connectivity index (χ3n) is 3.18. The number of halogens is 1. The summed E-state index contributed by atoms with van der Waals surface area (Å²) >= 11 is 6.04.